The third kappa shape index (κ3) is 8.07. The van der Waals surface area contributed by atoms with Crippen LogP contribution in [-0.4, -0.2) is 53.7 Å². The van der Waals surface area contributed by atoms with E-state index in [4.69, 9.17) is 8.85 Å². The van der Waals surface area contributed by atoms with Gasteiger partial charge in [0.2, 0.25) is 0 Å². The number of alkyl halides is 3. The highest BCUT2D eigenvalue weighted by molar-refractivity contribution is 14.1. The van der Waals surface area contributed by atoms with Crippen molar-refractivity contribution in [3.05, 3.63) is 62.2 Å². The first-order chi connectivity index (χ1) is 17.9. The summed E-state index contributed by atoms with van der Waals surface area (Å²) in [5.74, 6) is -0.653. The Balaban J connectivity index is 1.67. The lowest BCUT2D eigenvalue weighted by molar-refractivity contribution is -0.138. The van der Waals surface area contributed by atoms with Crippen LogP contribution in [0.4, 0.5) is 23.7 Å². The molecule has 2 aromatic carbocycles. The molecule has 0 spiro atoms. The van der Waals surface area contributed by atoms with E-state index in [1.807, 2.05) is 27.5 Å². The zero-order valence-electron chi connectivity index (χ0n) is 23.1. The molecule has 2 amide bonds. The smallest absolute Gasteiger partial charge is 0.422 e. The van der Waals surface area contributed by atoms with Crippen molar-refractivity contribution < 1.29 is 31.6 Å². The minimum absolute atomic E-state index is 0.0302. The number of anilines is 1. The average Bonchev–Trinajstić information content (AvgIpc) is 2.78. The zero-order valence-corrected chi connectivity index (χ0v) is 22.3. The molecule has 11 heteroatoms. The molecule has 1 aliphatic rings. The van der Waals surface area contributed by atoms with Crippen molar-refractivity contribution >= 4 is 40.3 Å². The molecule has 0 unspecified atom stereocenters. The fourth-order valence-corrected chi connectivity index (χ4v) is 4.12. The van der Waals surface area contributed by atoms with E-state index in [2.05, 4.69) is 10.7 Å². The molecule has 0 radical (unpaired) electrons. The van der Waals surface area contributed by atoms with Crippen molar-refractivity contribution in [3.8, 4) is 0 Å². The quantitative estimate of drug-likeness (QED) is 0.436. The van der Waals surface area contributed by atoms with Gasteiger partial charge < -0.3 is 10.1 Å². The number of rotatable bonds is 5. The number of carbonyl (C=O) groups excluding carboxylic acids is 2. The first-order valence-electron chi connectivity index (χ1n) is 12.7. The van der Waals surface area contributed by atoms with E-state index in [-0.39, 0.29) is 28.9 Å². The van der Waals surface area contributed by atoms with Crippen LogP contribution >= 0.6 is 22.6 Å². The highest BCUT2D eigenvalue weighted by Crippen LogP contribution is 2.34. The molecule has 36 heavy (non-hydrogen) atoms. The summed E-state index contributed by atoms with van der Waals surface area (Å²) in [6.45, 7) is 4.62. The van der Waals surface area contributed by atoms with Gasteiger partial charge in [-0.05, 0) is 85.6 Å². The molecule has 7 nitrogen and oxygen atoms in total. The first-order valence-corrected chi connectivity index (χ1v) is 12.3. The summed E-state index contributed by atoms with van der Waals surface area (Å²) in [7, 11) is 0. The number of amides is 2. The van der Waals surface area contributed by atoms with Gasteiger partial charge in [0.1, 0.15) is 5.60 Å². The van der Waals surface area contributed by atoms with Crippen LogP contribution in [0.25, 0.3) is 0 Å². The lowest BCUT2D eigenvalue weighted by Crippen LogP contribution is -2.54. The van der Waals surface area contributed by atoms with Gasteiger partial charge in [0.15, 0.2) is 0 Å². The molecule has 0 saturated carbocycles. The predicted octanol–water partition coefficient (Wildman–Crippen LogP) is 5.43. The Morgan fingerprint density at radius 2 is 1.78 bits per heavy atom. The maximum absolute atomic E-state index is 13.9. The highest BCUT2D eigenvalue weighted by atomic mass is 127. The van der Waals surface area contributed by atoms with Crippen molar-refractivity contribution in [1.29, 1.82) is 0 Å². The Hall–Kier alpha value is -2.38. The van der Waals surface area contributed by atoms with Crippen LogP contribution in [0, 0.1) is 10.4 Å². The molecule has 2 aromatic rings. The Morgan fingerprint density at radius 3 is 2.36 bits per heavy atom. The molecule has 1 aliphatic heterocycles. The lowest BCUT2D eigenvalue weighted by Gasteiger charge is -2.35. The van der Waals surface area contributed by atoms with Gasteiger partial charge in [0.25, 0.3) is 5.91 Å². The molecule has 0 aliphatic carbocycles. The van der Waals surface area contributed by atoms with Crippen molar-refractivity contribution in [2.75, 3.05) is 31.5 Å². The summed E-state index contributed by atoms with van der Waals surface area (Å²) < 4.78 is 70.0. The summed E-state index contributed by atoms with van der Waals surface area (Å²) >= 11 is 1.81. The number of hydrogen-bond acceptors (Lipinski definition) is 5. The molecular weight excluding hydrogens is 588 g/mol. The summed E-state index contributed by atoms with van der Waals surface area (Å²) in [5, 5.41) is 4.14. The highest BCUT2D eigenvalue weighted by Gasteiger charge is 2.34. The standard InChI is InChI=1S/C25H30F3IN4O3/c1-16-5-6-17(13-21(16)29)22(34)30-19-8-7-18(20(14-19)25(26,27)28)15-32-9-11-33(12-10-32)31-23(35)36-24(2,3)4/h5-8,13-14H,9-12,15H2,1-4H3,(H,30,34)(H,31,35)/i1D3. The number of nitrogens with zero attached hydrogens (tertiary/aromatic N) is 2. The van der Waals surface area contributed by atoms with Crippen molar-refractivity contribution in [2.24, 2.45) is 0 Å². The minimum atomic E-state index is -4.65. The van der Waals surface area contributed by atoms with E-state index < -0.39 is 36.2 Å². The monoisotopic (exact) mass is 621 g/mol. The van der Waals surface area contributed by atoms with Gasteiger partial charge in [-0.1, -0.05) is 12.1 Å². The second-order valence-corrected chi connectivity index (χ2v) is 10.6. The van der Waals surface area contributed by atoms with E-state index in [1.165, 1.54) is 30.3 Å². The third-order valence-corrected chi connectivity index (χ3v) is 6.21. The Bertz CT molecular complexity index is 1210. The fraction of sp³-hybridized carbons (Fsp3) is 0.440. The molecule has 1 heterocycles. The fourth-order valence-electron chi connectivity index (χ4n) is 3.60. The van der Waals surface area contributed by atoms with Crippen molar-refractivity contribution in [1.82, 2.24) is 15.3 Å². The molecule has 1 fully saturated rings. The number of nitrogens with one attached hydrogen (secondary N) is 2. The first kappa shape index (κ1) is 24.0. The lowest BCUT2D eigenvalue weighted by atomic mass is 10.0. The van der Waals surface area contributed by atoms with Gasteiger partial charge in [-0.3, -0.25) is 15.1 Å². The maximum atomic E-state index is 13.9. The van der Waals surface area contributed by atoms with E-state index >= 15 is 0 Å². The van der Waals surface area contributed by atoms with E-state index in [0.29, 0.717) is 29.7 Å². The third-order valence-electron chi connectivity index (χ3n) is 5.32. The average molecular weight is 621 g/mol. The van der Waals surface area contributed by atoms with Crippen LogP contribution in [0.3, 0.4) is 0 Å². The molecule has 0 atom stereocenters. The number of piperazine rings is 1. The number of benzene rings is 2. The van der Waals surface area contributed by atoms with E-state index in [0.717, 1.165) is 6.07 Å². The molecule has 0 bridgehead atoms. The van der Waals surface area contributed by atoms with Crippen LogP contribution in [0.5, 0.6) is 0 Å². The van der Waals surface area contributed by atoms with Gasteiger partial charge >= 0.3 is 12.3 Å². The Kier molecular flexibility index (Phi) is 7.56. The van der Waals surface area contributed by atoms with E-state index in [1.54, 1.807) is 25.8 Å². The Morgan fingerprint density at radius 1 is 1.08 bits per heavy atom. The largest absolute Gasteiger partial charge is 0.443 e. The van der Waals surface area contributed by atoms with Crippen LogP contribution < -0.4 is 10.7 Å². The number of aryl methyl sites for hydroxylation is 1. The second kappa shape index (κ2) is 11.3. The van der Waals surface area contributed by atoms with Crippen LogP contribution in [-0.2, 0) is 17.5 Å². The summed E-state index contributed by atoms with van der Waals surface area (Å²) in [6, 6.07) is 7.67. The molecule has 2 N–H and O–H groups in total. The van der Waals surface area contributed by atoms with Gasteiger partial charge in [-0.25, -0.2) is 9.80 Å². The number of halogens is 4. The Labute approximate surface area is 226 Å². The summed E-state index contributed by atoms with van der Waals surface area (Å²) in [5.41, 5.74) is 1.39. The topological polar surface area (TPSA) is 73.9 Å². The number of ether oxygens (including phenoxy) is 1. The van der Waals surface area contributed by atoms with Gasteiger partial charge in [-0.2, -0.15) is 13.2 Å². The van der Waals surface area contributed by atoms with Gasteiger partial charge in [0, 0.05) is 51.7 Å². The molecule has 1 saturated heterocycles. The van der Waals surface area contributed by atoms with Crippen molar-refractivity contribution in [2.45, 2.75) is 45.9 Å². The summed E-state index contributed by atoms with van der Waals surface area (Å²) in [6.07, 6.45) is -5.23. The van der Waals surface area contributed by atoms with Gasteiger partial charge in [-0.15, -0.1) is 0 Å². The normalized spacial score (nSPS) is 17.0. The number of hydrazine groups is 1. The second-order valence-electron chi connectivity index (χ2n) is 9.40. The minimum Gasteiger partial charge on any atom is -0.443 e. The van der Waals surface area contributed by atoms with Gasteiger partial charge in [0.05, 0.1) is 5.56 Å². The number of hydrogen-bond donors (Lipinski definition) is 2. The molecular formula is C25H30F3IN4O3. The SMILES string of the molecule is [2H]C([2H])([2H])c1ccc(C(=O)Nc2ccc(CN3CCN(NC(=O)OC(C)(C)C)CC3)c(C(F)(F)F)c2)cc1I. The molecule has 3 rings (SSSR count). The zero-order chi connectivity index (χ0) is 29.2. The maximum Gasteiger partial charge on any atom is 0.422 e. The van der Waals surface area contributed by atoms with Crippen LogP contribution in [0.1, 0.15) is 51.9 Å². The number of carbonyl (C=O) groups is 2. The van der Waals surface area contributed by atoms with Crippen LogP contribution in [0.15, 0.2) is 36.4 Å². The van der Waals surface area contributed by atoms with Crippen molar-refractivity contribution in [3.63, 3.8) is 0 Å². The molecule has 0 aromatic heterocycles. The predicted molar refractivity (Wildman–Crippen MR) is 140 cm³/mol. The van der Waals surface area contributed by atoms with E-state index in [9.17, 15) is 22.8 Å². The molecule has 196 valence electrons. The summed E-state index contributed by atoms with van der Waals surface area (Å²) in [4.78, 5) is 26.5. The van der Waals surface area contributed by atoms with Crippen LogP contribution in [0.2, 0.25) is 0 Å².